The van der Waals surface area contributed by atoms with Gasteiger partial charge in [-0.05, 0) is 19.1 Å². The first-order valence-electron chi connectivity index (χ1n) is 7.27. The van der Waals surface area contributed by atoms with Crippen LogP contribution in [0.5, 0.6) is 0 Å². The van der Waals surface area contributed by atoms with E-state index < -0.39 is 17.7 Å². The summed E-state index contributed by atoms with van der Waals surface area (Å²) in [4.78, 5) is 28.0. The molecular formula is C16H16N4O4. The van der Waals surface area contributed by atoms with Gasteiger partial charge >= 0.3 is 11.9 Å². The van der Waals surface area contributed by atoms with Gasteiger partial charge in [0.2, 0.25) is 0 Å². The van der Waals surface area contributed by atoms with Crippen molar-refractivity contribution >= 4 is 17.6 Å². The molecule has 0 bridgehead atoms. The molecule has 0 saturated carbocycles. The SMILES string of the molecule is Cc1nc(-c2cccc(NC=C3C(=O)OC(C)(C)OC3=O)c2)n[nH]1. The summed E-state index contributed by atoms with van der Waals surface area (Å²) >= 11 is 0. The van der Waals surface area contributed by atoms with Gasteiger partial charge in [0.25, 0.3) is 5.79 Å². The molecule has 0 amide bonds. The van der Waals surface area contributed by atoms with Crippen molar-refractivity contribution in [2.75, 3.05) is 5.32 Å². The first-order valence-corrected chi connectivity index (χ1v) is 7.27. The zero-order valence-corrected chi connectivity index (χ0v) is 13.4. The number of H-pyrrole nitrogens is 1. The maximum atomic E-state index is 11.9. The molecule has 0 spiro atoms. The topological polar surface area (TPSA) is 106 Å². The Labute approximate surface area is 137 Å². The summed E-state index contributed by atoms with van der Waals surface area (Å²) < 4.78 is 10.1. The largest absolute Gasteiger partial charge is 0.419 e. The number of aromatic nitrogens is 3. The molecule has 0 radical (unpaired) electrons. The molecule has 124 valence electrons. The van der Waals surface area contributed by atoms with Gasteiger partial charge in [-0.1, -0.05) is 12.1 Å². The van der Waals surface area contributed by atoms with Gasteiger partial charge in [-0.25, -0.2) is 14.6 Å². The Balaban J connectivity index is 1.79. The van der Waals surface area contributed by atoms with Gasteiger partial charge in [-0.15, -0.1) is 0 Å². The van der Waals surface area contributed by atoms with Crippen molar-refractivity contribution < 1.29 is 19.1 Å². The van der Waals surface area contributed by atoms with E-state index in [1.54, 1.807) is 12.1 Å². The second-order valence-corrected chi connectivity index (χ2v) is 5.71. The zero-order valence-electron chi connectivity index (χ0n) is 13.4. The lowest BCUT2D eigenvalue weighted by molar-refractivity contribution is -0.222. The molecule has 1 saturated heterocycles. The molecule has 8 heteroatoms. The van der Waals surface area contributed by atoms with Gasteiger partial charge in [-0.2, -0.15) is 5.10 Å². The number of ether oxygens (including phenoxy) is 2. The van der Waals surface area contributed by atoms with E-state index in [0.717, 1.165) is 5.56 Å². The molecule has 1 aromatic carbocycles. The molecule has 3 rings (SSSR count). The highest BCUT2D eigenvalue weighted by atomic mass is 16.7. The fourth-order valence-electron chi connectivity index (χ4n) is 2.15. The molecule has 24 heavy (non-hydrogen) atoms. The Morgan fingerprint density at radius 2 is 1.92 bits per heavy atom. The third-order valence-electron chi connectivity index (χ3n) is 3.22. The number of aryl methyl sites for hydroxylation is 1. The maximum Gasteiger partial charge on any atom is 0.350 e. The molecule has 0 atom stereocenters. The standard InChI is InChI=1S/C16H16N4O4/c1-9-18-13(20-19-9)10-5-4-6-11(7-10)17-8-12-14(21)23-16(2,3)24-15(12)22/h4-8,17H,1-3H3,(H,18,19,20). The van der Waals surface area contributed by atoms with Crippen LogP contribution in [0.25, 0.3) is 11.4 Å². The summed E-state index contributed by atoms with van der Waals surface area (Å²) in [7, 11) is 0. The normalized spacial score (nSPS) is 16.4. The third-order valence-corrected chi connectivity index (χ3v) is 3.22. The summed E-state index contributed by atoms with van der Waals surface area (Å²) in [6, 6.07) is 7.24. The molecule has 0 unspecified atom stereocenters. The Kier molecular flexibility index (Phi) is 3.80. The fraction of sp³-hybridized carbons (Fsp3) is 0.250. The van der Waals surface area contributed by atoms with Gasteiger partial charge < -0.3 is 14.8 Å². The predicted molar refractivity (Wildman–Crippen MR) is 84.5 cm³/mol. The zero-order chi connectivity index (χ0) is 17.3. The monoisotopic (exact) mass is 328 g/mol. The Bertz CT molecular complexity index is 816. The smallest absolute Gasteiger partial charge is 0.350 e. The van der Waals surface area contributed by atoms with Crippen molar-refractivity contribution in [3.63, 3.8) is 0 Å². The van der Waals surface area contributed by atoms with Crippen LogP contribution < -0.4 is 5.32 Å². The second-order valence-electron chi connectivity index (χ2n) is 5.71. The van der Waals surface area contributed by atoms with E-state index in [-0.39, 0.29) is 5.57 Å². The van der Waals surface area contributed by atoms with Gasteiger partial charge in [0.15, 0.2) is 11.4 Å². The van der Waals surface area contributed by atoms with Crippen molar-refractivity contribution in [2.45, 2.75) is 26.6 Å². The van der Waals surface area contributed by atoms with E-state index >= 15 is 0 Å². The van der Waals surface area contributed by atoms with E-state index in [2.05, 4.69) is 20.5 Å². The number of nitrogens with one attached hydrogen (secondary N) is 2. The molecule has 1 aliphatic heterocycles. The lowest BCUT2D eigenvalue weighted by atomic mass is 10.2. The second kappa shape index (κ2) is 5.80. The Morgan fingerprint density at radius 1 is 1.21 bits per heavy atom. The molecule has 1 aliphatic rings. The van der Waals surface area contributed by atoms with Gasteiger partial charge in [0.1, 0.15) is 5.82 Å². The van der Waals surface area contributed by atoms with Crippen LogP contribution in [0.15, 0.2) is 36.0 Å². The average molecular weight is 328 g/mol. The minimum Gasteiger partial charge on any atom is -0.419 e. The van der Waals surface area contributed by atoms with Crippen LogP contribution in [-0.2, 0) is 19.1 Å². The van der Waals surface area contributed by atoms with Gasteiger partial charge in [-0.3, -0.25) is 5.10 Å². The first kappa shape index (κ1) is 15.7. The van der Waals surface area contributed by atoms with Crippen molar-refractivity contribution in [1.29, 1.82) is 0 Å². The molecule has 2 heterocycles. The van der Waals surface area contributed by atoms with Crippen LogP contribution >= 0.6 is 0 Å². The average Bonchev–Trinajstić information content (AvgIpc) is 2.92. The van der Waals surface area contributed by atoms with Crippen LogP contribution in [0, 0.1) is 6.92 Å². The number of cyclic esters (lactones) is 2. The van der Waals surface area contributed by atoms with Crippen molar-refractivity contribution in [3.05, 3.63) is 41.9 Å². The Hall–Kier alpha value is -3.16. The van der Waals surface area contributed by atoms with Crippen molar-refractivity contribution in [1.82, 2.24) is 15.2 Å². The number of rotatable bonds is 3. The Morgan fingerprint density at radius 3 is 2.54 bits per heavy atom. The minimum absolute atomic E-state index is 0.200. The summed E-state index contributed by atoms with van der Waals surface area (Å²) in [5, 5.41) is 9.75. The minimum atomic E-state index is -1.26. The predicted octanol–water partition coefficient (Wildman–Crippen LogP) is 1.91. The molecule has 0 aliphatic carbocycles. The highest BCUT2D eigenvalue weighted by Crippen LogP contribution is 2.23. The van der Waals surface area contributed by atoms with Crippen LogP contribution in [0.3, 0.4) is 0 Å². The summed E-state index contributed by atoms with van der Waals surface area (Å²) in [6.45, 7) is 4.80. The quantitative estimate of drug-likeness (QED) is 0.503. The van der Waals surface area contributed by atoms with E-state index in [1.807, 2.05) is 19.1 Å². The number of esters is 2. The molecule has 8 nitrogen and oxygen atoms in total. The van der Waals surface area contributed by atoms with Crippen LogP contribution in [0.4, 0.5) is 5.69 Å². The highest BCUT2D eigenvalue weighted by Gasteiger charge is 2.38. The number of benzene rings is 1. The molecule has 1 aromatic heterocycles. The molecular weight excluding hydrogens is 312 g/mol. The number of hydrogen-bond acceptors (Lipinski definition) is 7. The summed E-state index contributed by atoms with van der Waals surface area (Å²) in [5.74, 6) is -1.45. The number of nitrogens with zero attached hydrogens (tertiary/aromatic N) is 2. The molecule has 2 N–H and O–H groups in total. The summed E-state index contributed by atoms with van der Waals surface area (Å²) in [6.07, 6.45) is 1.27. The van der Waals surface area contributed by atoms with Crippen LogP contribution in [0.2, 0.25) is 0 Å². The lowest BCUT2D eigenvalue weighted by Gasteiger charge is -2.29. The van der Waals surface area contributed by atoms with E-state index in [4.69, 9.17) is 9.47 Å². The van der Waals surface area contributed by atoms with Crippen molar-refractivity contribution in [2.24, 2.45) is 0 Å². The van der Waals surface area contributed by atoms with E-state index in [9.17, 15) is 9.59 Å². The molecule has 2 aromatic rings. The lowest BCUT2D eigenvalue weighted by Crippen LogP contribution is -2.42. The third kappa shape index (κ3) is 3.27. The number of carbonyl (C=O) groups excluding carboxylic acids is 2. The number of aromatic amines is 1. The van der Waals surface area contributed by atoms with Crippen molar-refractivity contribution in [3.8, 4) is 11.4 Å². The van der Waals surface area contributed by atoms with E-state index in [0.29, 0.717) is 17.3 Å². The van der Waals surface area contributed by atoms with Crippen LogP contribution in [-0.4, -0.2) is 32.9 Å². The van der Waals surface area contributed by atoms with Crippen LogP contribution in [0.1, 0.15) is 19.7 Å². The maximum absolute atomic E-state index is 11.9. The number of hydrogen-bond donors (Lipinski definition) is 2. The van der Waals surface area contributed by atoms with Gasteiger partial charge in [0.05, 0.1) is 0 Å². The highest BCUT2D eigenvalue weighted by molar-refractivity contribution is 6.15. The summed E-state index contributed by atoms with van der Waals surface area (Å²) in [5.41, 5.74) is 1.25. The first-order chi connectivity index (χ1) is 11.3. The number of anilines is 1. The molecule has 1 fully saturated rings. The fourth-order valence-corrected chi connectivity index (χ4v) is 2.15. The van der Waals surface area contributed by atoms with Gasteiger partial charge in [0, 0.05) is 31.3 Å². The number of carbonyl (C=O) groups is 2. The van der Waals surface area contributed by atoms with E-state index in [1.165, 1.54) is 20.0 Å².